The zero-order valence-electron chi connectivity index (χ0n) is 12.0. The van der Waals surface area contributed by atoms with E-state index in [4.69, 9.17) is 11.6 Å². The zero-order chi connectivity index (χ0) is 15.9. The molecule has 0 saturated carbocycles. The van der Waals surface area contributed by atoms with Crippen LogP contribution in [0.1, 0.15) is 11.4 Å². The smallest absolute Gasteiger partial charge is 0.261 e. The van der Waals surface area contributed by atoms with Crippen molar-refractivity contribution >= 4 is 38.3 Å². The monoisotopic (exact) mass is 335 g/mol. The summed E-state index contributed by atoms with van der Waals surface area (Å²) in [5, 5.41) is 0.565. The predicted octanol–water partition coefficient (Wildman–Crippen LogP) is 3.63. The minimum Gasteiger partial charge on any atom is -0.342 e. The van der Waals surface area contributed by atoms with E-state index < -0.39 is 10.0 Å². The third-order valence-corrected chi connectivity index (χ3v) is 4.91. The van der Waals surface area contributed by atoms with Crippen LogP contribution in [0.3, 0.4) is 0 Å². The maximum absolute atomic E-state index is 12.5. The zero-order valence-corrected chi connectivity index (χ0v) is 13.6. The van der Waals surface area contributed by atoms with Crippen LogP contribution in [0.5, 0.6) is 0 Å². The lowest BCUT2D eigenvalue weighted by molar-refractivity contribution is 0.601. The molecule has 3 aromatic rings. The van der Waals surface area contributed by atoms with Crippen molar-refractivity contribution < 1.29 is 8.42 Å². The van der Waals surface area contributed by atoms with E-state index in [1.807, 2.05) is 6.92 Å². The average molecular weight is 336 g/mol. The first kappa shape index (κ1) is 14.9. The summed E-state index contributed by atoms with van der Waals surface area (Å²) in [5.74, 6) is 0.742. The number of anilines is 1. The molecular weight excluding hydrogens is 322 g/mol. The number of hydrogen-bond donors (Lipinski definition) is 2. The number of benzene rings is 2. The van der Waals surface area contributed by atoms with Crippen LogP contribution in [0.4, 0.5) is 5.69 Å². The Morgan fingerprint density at radius 1 is 1.14 bits per heavy atom. The van der Waals surface area contributed by atoms with E-state index in [1.54, 1.807) is 37.3 Å². The number of nitrogens with zero attached hydrogens (tertiary/aromatic N) is 1. The lowest BCUT2D eigenvalue weighted by atomic mass is 10.2. The Balaban J connectivity index is 2.00. The van der Waals surface area contributed by atoms with Crippen LogP contribution >= 0.6 is 11.6 Å². The molecule has 0 unspecified atom stereocenters. The maximum atomic E-state index is 12.5. The number of aromatic amines is 1. The highest BCUT2D eigenvalue weighted by Crippen LogP contribution is 2.24. The molecule has 3 rings (SSSR count). The summed E-state index contributed by atoms with van der Waals surface area (Å²) < 4.78 is 27.6. The second-order valence-corrected chi connectivity index (χ2v) is 7.18. The number of fused-ring (bicyclic) bond motifs is 1. The number of imidazole rings is 1. The lowest BCUT2D eigenvalue weighted by Gasteiger charge is -2.10. The van der Waals surface area contributed by atoms with Crippen LogP contribution in [0.25, 0.3) is 11.0 Å². The van der Waals surface area contributed by atoms with Crippen LogP contribution in [0.15, 0.2) is 41.3 Å². The molecule has 0 amide bonds. The van der Waals surface area contributed by atoms with E-state index >= 15 is 0 Å². The largest absolute Gasteiger partial charge is 0.342 e. The van der Waals surface area contributed by atoms with Crippen LogP contribution in [0.2, 0.25) is 5.02 Å². The molecule has 5 nitrogen and oxygen atoms in total. The van der Waals surface area contributed by atoms with Gasteiger partial charge in [0.15, 0.2) is 0 Å². The van der Waals surface area contributed by atoms with Crippen molar-refractivity contribution in [3.8, 4) is 0 Å². The molecule has 7 heteroatoms. The second kappa shape index (κ2) is 5.30. The van der Waals surface area contributed by atoms with E-state index in [0.717, 1.165) is 16.9 Å². The Bertz CT molecular complexity index is 964. The predicted molar refractivity (Wildman–Crippen MR) is 87.8 cm³/mol. The van der Waals surface area contributed by atoms with E-state index in [9.17, 15) is 8.42 Å². The first-order chi connectivity index (χ1) is 10.3. The van der Waals surface area contributed by atoms with Crippen molar-refractivity contribution in [1.82, 2.24) is 9.97 Å². The SMILES string of the molecule is Cc1nc2ccc(S(=O)(=O)Nc3ccc(Cl)cc3C)cc2[nH]1. The molecule has 0 atom stereocenters. The highest BCUT2D eigenvalue weighted by atomic mass is 35.5. The first-order valence-corrected chi connectivity index (χ1v) is 8.46. The Labute approximate surface area is 133 Å². The van der Waals surface area contributed by atoms with Crippen LogP contribution in [0, 0.1) is 13.8 Å². The normalized spacial score (nSPS) is 11.8. The molecular formula is C15H14ClN3O2S. The minimum atomic E-state index is -3.67. The minimum absolute atomic E-state index is 0.179. The van der Waals surface area contributed by atoms with Crippen molar-refractivity contribution in [3.63, 3.8) is 0 Å². The Hall–Kier alpha value is -2.05. The van der Waals surface area contributed by atoms with Crippen LogP contribution < -0.4 is 4.72 Å². The van der Waals surface area contributed by atoms with Gasteiger partial charge in [0.2, 0.25) is 0 Å². The van der Waals surface area contributed by atoms with E-state index in [1.165, 1.54) is 6.07 Å². The van der Waals surface area contributed by atoms with Gasteiger partial charge in [-0.05, 0) is 55.8 Å². The molecule has 0 aliphatic carbocycles. The molecule has 0 aliphatic heterocycles. The van der Waals surface area contributed by atoms with Gasteiger partial charge >= 0.3 is 0 Å². The third kappa shape index (κ3) is 2.80. The maximum Gasteiger partial charge on any atom is 0.261 e. The molecule has 22 heavy (non-hydrogen) atoms. The summed E-state index contributed by atoms with van der Waals surface area (Å²) >= 11 is 5.88. The molecule has 1 heterocycles. The topological polar surface area (TPSA) is 74.8 Å². The van der Waals surface area contributed by atoms with Crippen LogP contribution in [-0.4, -0.2) is 18.4 Å². The van der Waals surface area contributed by atoms with Gasteiger partial charge in [-0.1, -0.05) is 11.6 Å². The summed E-state index contributed by atoms with van der Waals surface area (Å²) in [6.45, 7) is 3.62. The van der Waals surface area contributed by atoms with Crippen molar-refractivity contribution in [1.29, 1.82) is 0 Å². The molecule has 2 N–H and O–H groups in total. The molecule has 1 aromatic heterocycles. The highest BCUT2D eigenvalue weighted by Gasteiger charge is 2.16. The fourth-order valence-corrected chi connectivity index (χ4v) is 3.61. The molecule has 0 fully saturated rings. The molecule has 114 valence electrons. The fourth-order valence-electron chi connectivity index (χ4n) is 2.23. The van der Waals surface area contributed by atoms with E-state index in [2.05, 4.69) is 14.7 Å². The highest BCUT2D eigenvalue weighted by molar-refractivity contribution is 7.92. The average Bonchev–Trinajstić information content (AvgIpc) is 2.81. The van der Waals surface area contributed by atoms with Gasteiger partial charge in [-0.3, -0.25) is 4.72 Å². The summed E-state index contributed by atoms with van der Waals surface area (Å²) in [5.41, 5.74) is 2.69. The van der Waals surface area contributed by atoms with Crippen molar-refractivity contribution in [2.45, 2.75) is 18.7 Å². The number of sulfonamides is 1. The van der Waals surface area contributed by atoms with Gasteiger partial charge in [0, 0.05) is 5.02 Å². The number of aromatic nitrogens is 2. The number of H-pyrrole nitrogens is 1. The molecule has 0 radical (unpaired) electrons. The number of rotatable bonds is 3. The summed E-state index contributed by atoms with van der Waals surface area (Å²) in [4.78, 5) is 7.47. The van der Waals surface area contributed by atoms with Gasteiger partial charge in [-0.25, -0.2) is 13.4 Å². The first-order valence-electron chi connectivity index (χ1n) is 6.60. The van der Waals surface area contributed by atoms with Gasteiger partial charge in [-0.15, -0.1) is 0 Å². The van der Waals surface area contributed by atoms with Gasteiger partial charge < -0.3 is 4.98 Å². The molecule has 0 bridgehead atoms. The summed E-state index contributed by atoms with van der Waals surface area (Å²) in [7, 11) is -3.67. The van der Waals surface area contributed by atoms with Crippen molar-refractivity contribution in [3.05, 3.63) is 52.8 Å². The number of aryl methyl sites for hydroxylation is 2. The van der Waals surface area contributed by atoms with Gasteiger partial charge in [0.1, 0.15) is 5.82 Å². The van der Waals surface area contributed by atoms with Gasteiger partial charge in [0.05, 0.1) is 21.6 Å². The molecule has 0 aliphatic rings. The Kier molecular flexibility index (Phi) is 3.58. The number of halogens is 1. The van der Waals surface area contributed by atoms with Crippen molar-refractivity contribution in [2.24, 2.45) is 0 Å². The summed E-state index contributed by atoms with van der Waals surface area (Å²) in [6, 6.07) is 9.80. The Morgan fingerprint density at radius 3 is 2.64 bits per heavy atom. The quantitative estimate of drug-likeness (QED) is 0.767. The molecule has 2 aromatic carbocycles. The van der Waals surface area contributed by atoms with E-state index in [-0.39, 0.29) is 4.90 Å². The Morgan fingerprint density at radius 2 is 1.91 bits per heavy atom. The van der Waals surface area contributed by atoms with E-state index in [0.29, 0.717) is 16.2 Å². The van der Waals surface area contributed by atoms with Gasteiger partial charge in [-0.2, -0.15) is 0 Å². The molecule has 0 spiro atoms. The number of hydrogen-bond acceptors (Lipinski definition) is 3. The molecule has 0 saturated heterocycles. The van der Waals surface area contributed by atoms with Gasteiger partial charge in [0.25, 0.3) is 10.0 Å². The third-order valence-electron chi connectivity index (χ3n) is 3.31. The number of nitrogens with one attached hydrogen (secondary N) is 2. The standard InChI is InChI=1S/C15H14ClN3O2S/c1-9-7-11(16)3-5-13(9)19-22(20,21)12-4-6-14-15(8-12)18-10(2)17-14/h3-8,19H,1-2H3,(H,17,18). The fraction of sp³-hybridized carbons (Fsp3) is 0.133. The summed E-state index contributed by atoms with van der Waals surface area (Å²) in [6.07, 6.45) is 0. The van der Waals surface area contributed by atoms with Crippen molar-refractivity contribution in [2.75, 3.05) is 4.72 Å². The van der Waals surface area contributed by atoms with Crippen LogP contribution in [-0.2, 0) is 10.0 Å². The lowest BCUT2D eigenvalue weighted by Crippen LogP contribution is -2.13. The second-order valence-electron chi connectivity index (χ2n) is 5.07.